The number of anilines is 3. The molecule has 0 aliphatic heterocycles. The van der Waals surface area contributed by atoms with Gasteiger partial charge in [0.2, 0.25) is 0 Å². The van der Waals surface area contributed by atoms with Gasteiger partial charge in [0, 0.05) is 22.5 Å². The number of aryl methyl sites for hydroxylation is 1. The molecular weight excluding hydrogens is 663 g/mol. The van der Waals surface area contributed by atoms with Crippen LogP contribution in [0.15, 0.2) is 188 Å². The van der Waals surface area contributed by atoms with Gasteiger partial charge < -0.3 is 4.90 Å². The fraction of sp³-hybridized carbons (Fsp3) is 0.111. The highest BCUT2D eigenvalue weighted by Crippen LogP contribution is 2.63. The molecule has 0 heterocycles. The average Bonchev–Trinajstić information content (AvgIpc) is 3.76. The Morgan fingerprint density at radius 1 is 0.509 bits per heavy atom. The maximum Gasteiger partial charge on any atom is 0.0726 e. The zero-order chi connectivity index (χ0) is 37.5. The van der Waals surface area contributed by atoms with Crippen molar-refractivity contribution in [3.63, 3.8) is 0 Å². The van der Waals surface area contributed by atoms with E-state index in [1.807, 2.05) is 0 Å². The largest absolute Gasteiger partial charge is 0.310 e. The summed E-state index contributed by atoms with van der Waals surface area (Å²) in [6.07, 6.45) is 6.53. The van der Waals surface area contributed by atoms with Gasteiger partial charge in [-0.25, -0.2) is 0 Å². The molecule has 0 bridgehead atoms. The van der Waals surface area contributed by atoms with Crippen molar-refractivity contribution in [1.82, 2.24) is 0 Å². The number of fused-ring (bicyclic) bond motifs is 10. The first-order valence-electron chi connectivity index (χ1n) is 19.4. The van der Waals surface area contributed by atoms with Gasteiger partial charge >= 0.3 is 0 Å². The van der Waals surface area contributed by atoms with E-state index in [0.717, 1.165) is 11.4 Å². The molecule has 3 aliphatic carbocycles. The first-order chi connectivity index (χ1) is 26.9. The van der Waals surface area contributed by atoms with Crippen molar-refractivity contribution in [3.05, 3.63) is 227 Å². The second-order valence-corrected chi connectivity index (χ2v) is 15.7. The lowest BCUT2D eigenvalue weighted by molar-refractivity contribution is 0.660. The molecule has 0 radical (unpaired) electrons. The third kappa shape index (κ3) is 4.60. The van der Waals surface area contributed by atoms with E-state index in [9.17, 15) is 0 Å². The van der Waals surface area contributed by atoms with Crippen LogP contribution in [0, 0.1) is 6.92 Å². The van der Waals surface area contributed by atoms with Crippen LogP contribution >= 0.6 is 0 Å². The van der Waals surface area contributed by atoms with Gasteiger partial charge in [-0.1, -0.05) is 160 Å². The summed E-state index contributed by atoms with van der Waals surface area (Å²) < 4.78 is 0. The summed E-state index contributed by atoms with van der Waals surface area (Å²) in [5.41, 5.74) is 22.1. The summed E-state index contributed by atoms with van der Waals surface area (Å²) in [5, 5.41) is 0. The van der Waals surface area contributed by atoms with Gasteiger partial charge in [0.05, 0.1) is 5.41 Å². The van der Waals surface area contributed by atoms with E-state index in [-0.39, 0.29) is 5.41 Å². The molecule has 0 aromatic heterocycles. The van der Waals surface area contributed by atoms with Gasteiger partial charge in [-0.2, -0.15) is 0 Å². The highest BCUT2D eigenvalue weighted by Gasteiger charge is 2.52. The molecule has 1 spiro atoms. The fourth-order valence-corrected chi connectivity index (χ4v) is 10.1. The van der Waals surface area contributed by atoms with E-state index in [2.05, 4.69) is 215 Å². The number of allylic oxidation sites excluding steroid dienone is 5. The fourth-order valence-electron chi connectivity index (χ4n) is 10.1. The van der Waals surface area contributed by atoms with E-state index in [4.69, 9.17) is 0 Å². The zero-order valence-electron chi connectivity index (χ0n) is 31.9. The van der Waals surface area contributed by atoms with E-state index < -0.39 is 5.41 Å². The predicted molar refractivity (Wildman–Crippen MR) is 233 cm³/mol. The van der Waals surface area contributed by atoms with Crippen molar-refractivity contribution in [3.8, 4) is 33.4 Å². The molecule has 1 heteroatoms. The van der Waals surface area contributed by atoms with Crippen molar-refractivity contribution >= 4 is 22.6 Å². The predicted octanol–water partition coefficient (Wildman–Crippen LogP) is 14.3. The first-order valence-corrected chi connectivity index (χ1v) is 19.4. The lowest BCUT2D eigenvalue weighted by Crippen LogP contribution is -2.27. The van der Waals surface area contributed by atoms with Gasteiger partial charge in [-0.3, -0.25) is 0 Å². The van der Waals surface area contributed by atoms with Crippen LogP contribution in [0.2, 0.25) is 0 Å². The molecule has 0 saturated carbocycles. The molecule has 55 heavy (non-hydrogen) atoms. The molecule has 0 fully saturated rings. The molecule has 3 aliphatic rings. The molecule has 0 saturated heterocycles. The van der Waals surface area contributed by atoms with E-state index in [1.54, 1.807) is 0 Å². The Labute approximate surface area is 325 Å². The molecule has 0 N–H and O–H groups in total. The van der Waals surface area contributed by atoms with Crippen molar-refractivity contribution in [2.45, 2.75) is 38.5 Å². The summed E-state index contributed by atoms with van der Waals surface area (Å²) in [6, 6.07) is 58.8. The molecule has 10 rings (SSSR count). The van der Waals surface area contributed by atoms with Crippen molar-refractivity contribution in [1.29, 1.82) is 0 Å². The molecule has 0 amide bonds. The molecule has 7 aromatic rings. The van der Waals surface area contributed by atoms with Gasteiger partial charge in [-0.05, 0) is 134 Å². The molecule has 1 unspecified atom stereocenters. The number of hydrogen-bond acceptors (Lipinski definition) is 1. The van der Waals surface area contributed by atoms with E-state index in [1.165, 1.54) is 89.2 Å². The summed E-state index contributed by atoms with van der Waals surface area (Å²) in [4.78, 5) is 2.49. The van der Waals surface area contributed by atoms with E-state index >= 15 is 0 Å². The Morgan fingerprint density at radius 2 is 1.05 bits per heavy atom. The van der Waals surface area contributed by atoms with Crippen molar-refractivity contribution < 1.29 is 0 Å². The van der Waals surface area contributed by atoms with Gasteiger partial charge in [0.25, 0.3) is 0 Å². The van der Waals surface area contributed by atoms with Crippen LogP contribution in [0.5, 0.6) is 0 Å². The minimum Gasteiger partial charge on any atom is -0.310 e. The number of benzene rings is 7. The second kappa shape index (κ2) is 12.3. The molecule has 1 nitrogen and oxygen atoms in total. The van der Waals surface area contributed by atoms with Crippen molar-refractivity contribution in [2.75, 3.05) is 4.90 Å². The van der Waals surface area contributed by atoms with Crippen LogP contribution < -0.4 is 4.90 Å². The topological polar surface area (TPSA) is 3.24 Å². The third-order valence-corrected chi connectivity index (χ3v) is 12.5. The lowest BCUT2D eigenvalue weighted by Gasteiger charge is -2.33. The molecular formula is C54H43N. The van der Waals surface area contributed by atoms with Crippen LogP contribution in [0.25, 0.3) is 39.0 Å². The van der Waals surface area contributed by atoms with Crippen LogP contribution in [-0.4, -0.2) is 0 Å². The second-order valence-electron chi connectivity index (χ2n) is 15.7. The van der Waals surface area contributed by atoms with Crippen LogP contribution in [0.3, 0.4) is 0 Å². The standard InChI is InChI=1S/C54H43N/c1-6-17-40-42-21-12-15-24-48(42)54(46(40)7-2)49-25-16-13-22-43(49)45-30-28-39(34-51(45)54)55(52-31-26-37(32-35(52)3)36-18-9-8-10-19-36)38-27-29-44-41-20-11-14-23-47(41)53(4,5)50(44)33-38/h6-34H,2H2,1,3-5H3/b17-6-. The van der Waals surface area contributed by atoms with Crippen molar-refractivity contribution in [2.24, 2.45) is 0 Å². The SMILES string of the molecule is C=CC1=C(/C=C\C)c2ccccc2C12c1ccccc1-c1ccc(N(c3ccc4c(c3)C(C)(C)c3ccccc3-4)c3ccc(-c4ccccc4)cc3C)cc12. The Hall–Kier alpha value is -6.44. The summed E-state index contributed by atoms with van der Waals surface area (Å²) in [6.45, 7) is 13.6. The lowest BCUT2D eigenvalue weighted by atomic mass is 9.69. The maximum absolute atomic E-state index is 4.48. The minimum absolute atomic E-state index is 0.121. The Balaban J connectivity index is 1.24. The third-order valence-electron chi connectivity index (χ3n) is 12.5. The Morgan fingerprint density at radius 3 is 1.71 bits per heavy atom. The number of nitrogens with zero attached hydrogens (tertiary/aromatic N) is 1. The average molecular weight is 706 g/mol. The van der Waals surface area contributed by atoms with Crippen LogP contribution in [0.1, 0.15) is 59.7 Å². The maximum atomic E-state index is 4.48. The molecule has 264 valence electrons. The quantitative estimate of drug-likeness (QED) is 0.166. The van der Waals surface area contributed by atoms with Gasteiger partial charge in [-0.15, -0.1) is 0 Å². The molecule has 1 atom stereocenters. The smallest absolute Gasteiger partial charge is 0.0726 e. The monoisotopic (exact) mass is 705 g/mol. The Bertz CT molecular complexity index is 2780. The van der Waals surface area contributed by atoms with Gasteiger partial charge in [0.15, 0.2) is 0 Å². The van der Waals surface area contributed by atoms with E-state index in [0.29, 0.717) is 0 Å². The Kier molecular flexibility index (Phi) is 7.41. The normalized spacial score (nSPS) is 16.9. The minimum atomic E-state index is -0.491. The summed E-state index contributed by atoms with van der Waals surface area (Å²) in [5.74, 6) is 0. The summed E-state index contributed by atoms with van der Waals surface area (Å²) >= 11 is 0. The van der Waals surface area contributed by atoms with Crippen LogP contribution in [0.4, 0.5) is 17.1 Å². The highest BCUT2D eigenvalue weighted by atomic mass is 15.1. The highest BCUT2D eigenvalue weighted by molar-refractivity contribution is 5.99. The van der Waals surface area contributed by atoms with Crippen LogP contribution in [-0.2, 0) is 10.8 Å². The number of hydrogen-bond donors (Lipinski definition) is 0. The zero-order valence-corrected chi connectivity index (χ0v) is 31.9. The van der Waals surface area contributed by atoms with Gasteiger partial charge in [0.1, 0.15) is 0 Å². The number of rotatable bonds is 6. The first kappa shape index (κ1) is 33.2. The summed E-state index contributed by atoms with van der Waals surface area (Å²) in [7, 11) is 0. The molecule has 7 aromatic carbocycles.